The van der Waals surface area contributed by atoms with Crippen LogP contribution in [0.25, 0.3) is 0 Å². The molecule has 5 nitrogen and oxygen atoms in total. The number of nitrogens with one attached hydrogen (secondary N) is 2. The molecule has 3 N–H and O–H groups in total. The number of H-pyrrole nitrogens is 1. The van der Waals surface area contributed by atoms with Crippen molar-refractivity contribution >= 4 is 5.95 Å². The summed E-state index contributed by atoms with van der Waals surface area (Å²) in [4.78, 5) is 16.8. The predicted molar refractivity (Wildman–Crippen MR) is 40.2 cm³/mol. The molecular weight excluding hydrogens is 146 g/mol. The Hall–Kier alpha value is -1.78. The number of hydrogen-bond acceptors (Lipinski definition) is 4. The molecule has 1 rings (SSSR count). The fourth-order valence-electron chi connectivity index (χ4n) is 0.560. The standard InChI is InChI=1S/C6H7N3O2/c10-4-3-8-6-7-2-1-5(11)9-6/h1-4,10H,(H2,7,8,9,11)/b4-3+. The Morgan fingerprint density at radius 1 is 1.73 bits per heavy atom. The largest absolute Gasteiger partial charge is 0.514 e. The van der Waals surface area contributed by atoms with Crippen molar-refractivity contribution in [1.82, 2.24) is 9.97 Å². The van der Waals surface area contributed by atoms with Crippen molar-refractivity contribution in [1.29, 1.82) is 0 Å². The Balaban J connectivity index is 2.79. The predicted octanol–water partition coefficient (Wildman–Crippen LogP) is 0.211. The zero-order valence-corrected chi connectivity index (χ0v) is 5.61. The van der Waals surface area contributed by atoms with Crippen LogP contribution in [-0.2, 0) is 0 Å². The van der Waals surface area contributed by atoms with E-state index in [9.17, 15) is 4.79 Å². The van der Waals surface area contributed by atoms with E-state index in [4.69, 9.17) is 5.11 Å². The molecule has 1 aromatic rings. The number of aliphatic hydroxyl groups excluding tert-OH is 1. The average molecular weight is 153 g/mol. The van der Waals surface area contributed by atoms with Gasteiger partial charge in [0.2, 0.25) is 5.95 Å². The highest BCUT2D eigenvalue weighted by molar-refractivity contribution is 5.26. The van der Waals surface area contributed by atoms with Gasteiger partial charge in [-0.15, -0.1) is 0 Å². The third-order valence-electron chi connectivity index (χ3n) is 0.966. The second kappa shape index (κ2) is 3.40. The van der Waals surface area contributed by atoms with E-state index in [0.717, 1.165) is 6.26 Å². The second-order valence-corrected chi connectivity index (χ2v) is 1.74. The van der Waals surface area contributed by atoms with Gasteiger partial charge in [0, 0.05) is 18.5 Å². The highest BCUT2D eigenvalue weighted by atomic mass is 16.2. The number of rotatable bonds is 2. The lowest BCUT2D eigenvalue weighted by Crippen LogP contribution is -2.07. The molecule has 5 heteroatoms. The lowest BCUT2D eigenvalue weighted by molar-refractivity contribution is 0.473. The van der Waals surface area contributed by atoms with E-state index in [-0.39, 0.29) is 5.56 Å². The molecule has 0 aliphatic heterocycles. The molecular formula is C6H7N3O2. The Bertz CT molecular complexity index is 305. The monoisotopic (exact) mass is 153 g/mol. The van der Waals surface area contributed by atoms with Crippen LogP contribution in [0.15, 0.2) is 29.5 Å². The van der Waals surface area contributed by atoms with Gasteiger partial charge < -0.3 is 10.4 Å². The highest BCUT2D eigenvalue weighted by Gasteiger charge is 1.87. The summed E-state index contributed by atoms with van der Waals surface area (Å²) in [5, 5.41) is 10.8. The van der Waals surface area contributed by atoms with Crippen LogP contribution in [0.3, 0.4) is 0 Å². The molecule has 0 aromatic carbocycles. The quantitative estimate of drug-likeness (QED) is 0.531. The van der Waals surface area contributed by atoms with Gasteiger partial charge in [0.15, 0.2) is 0 Å². The van der Waals surface area contributed by atoms with Crippen molar-refractivity contribution in [2.24, 2.45) is 0 Å². The molecule has 58 valence electrons. The molecule has 0 saturated heterocycles. The van der Waals surface area contributed by atoms with Crippen LogP contribution >= 0.6 is 0 Å². The van der Waals surface area contributed by atoms with E-state index >= 15 is 0 Å². The normalized spacial score (nSPS) is 10.2. The number of anilines is 1. The van der Waals surface area contributed by atoms with Crippen molar-refractivity contribution in [3.63, 3.8) is 0 Å². The third-order valence-corrected chi connectivity index (χ3v) is 0.966. The van der Waals surface area contributed by atoms with E-state index in [0.29, 0.717) is 5.95 Å². The van der Waals surface area contributed by atoms with E-state index in [1.54, 1.807) is 0 Å². The minimum absolute atomic E-state index is 0.242. The second-order valence-electron chi connectivity index (χ2n) is 1.74. The lowest BCUT2D eigenvalue weighted by atomic mass is 10.6. The molecule has 1 heterocycles. The summed E-state index contributed by atoms with van der Waals surface area (Å²) in [6, 6.07) is 1.30. The molecule has 1 aromatic heterocycles. The minimum atomic E-state index is -0.242. The molecule has 0 spiro atoms. The van der Waals surface area contributed by atoms with Gasteiger partial charge in [0.05, 0.1) is 6.26 Å². The van der Waals surface area contributed by atoms with Crippen molar-refractivity contribution < 1.29 is 5.11 Å². The fraction of sp³-hybridized carbons (Fsp3) is 0. The summed E-state index contributed by atoms with van der Waals surface area (Å²) in [5.74, 6) is 0.294. The SMILES string of the molecule is O=c1ccnc(N/C=C/O)[nH]1. The van der Waals surface area contributed by atoms with Gasteiger partial charge in [-0.3, -0.25) is 9.78 Å². The summed E-state index contributed by atoms with van der Waals surface area (Å²) in [5.41, 5.74) is -0.242. The maximum atomic E-state index is 10.6. The molecule has 0 bridgehead atoms. The molecule has 0 aliphatic carbocycles. The first-order valence-corrected chi connectivity index (χ1v) is 2.94. The van der Waals surface area contributed by atoms with Gasteiger partial charge in [-0.1, -0.05) is 0 Å². The summed E-state index contributed by atoms with van der Waals surface area (Å²) >= 11 is 0. The topological polar surface area (TPSA) is 78.0 Å². The van der Waals surface area contributed by atoms with Gasteiger partial charge in [-0.05, 0) is 0 Å². The van der Waals surface area contributed by atoms with Crippen LogP contribution in [0, 0.1) is 0 Å². The zero-order chi connectivity index (χ0) is 8.10. The van der Waals surface area contributed by atoms with Crippen molar-refractivity contribution in [3.8, 4) is 0 Å². The van der Waals surface area contributed by atoms with Crippen molar-refractivity contribution in [2.45, 2.75) is 0 Å². The molecule has 0 atom stereocenters. The van der Waals surface area contributed by atoms with Crippen LogP contribution in [0.5, 0.6) is 0 Å². The van der Waals surface area contributed by atoms with Gasteiger partial charge in [-0.25, -0.2) is 4.98 Å². The molecule has 0 unspecified atom stereocenters. The third kappa shape index (κ3) is 2.13. The summed E-state index contributed by atoms with van der Waals surface area (Å²) in [6.07, 6.45) is 3.43. The first-order valence-electron chi connectivity index (χ1n) is 2.94. The summed E-state index contributed by atoms with van der Waals surface area (Å²) in [6.45, 7) is 0. The number of aromatic amines is 1. The maximum Gasteiger partial charge on any atom is 0.252 e. The van der Waals surface area contributed by atoms with E-state index < -0.39 is 0 Å². The van der Waals surface area contributed by atoms with Crippen LogP contribution in [0.4, 0.5) is 5.95 Å². The fourth-order valence-corrected chi connectivity index (χ4v) is 0.560. The van der Waals surface area contributed by atoms with Gasteiger partial charge in [0.1, 0.15) is 0 Å². The molecule has 0 fully saturated rings. The Kier molecular flexibility index (Phi) is 2.27. The zero-order valence-electron chi connectivity index (χ0n) is 5.61. The lowest BCUT2D eigenvalue weighted by Gasteiger charge is -1.95. The maximum absolute atomic E-state index is 10.6. The van der Waals surface area contributed by atoms with Crippen molar-refractivity contribution in [2.75, 3.05) is 5.32 Å². The first kappa shape index (κ1) is 7.33. The van der Waals surface area contributed by atoms with E-state index in [1.165, 1.54) is 18.5 Å². The molecule has 0 amide bonds. The van der Waals surface area contributed by atoms with Crippen LogP contribution < -0.4 is 10.9 Å². The van der Waals surface area contributed by atoms with Crippen LogP contribution in [0.1, 0.15) is 0 Å². The van der Waals surface area contributed by atoms with Crippen LogP contribution in [-0.4, -0.2) is 15.1 Å². The number of aliphatic hydroxyl groups is 1. The summed E-state index contributed by atoms with van der Waals surface area (Å²) < 4.78 is 0. The number of hydrogen-bond donors (Lipinski definition) is 3. The van der Waals surface area contributed by atoms with E-state index in [2.05, 4.69) is 15.3 Å². The number of aromatic nitrogens is 2. The molecule has 0 saturated carbocycles. The first-order chi connectivity index (χ1) is 5.33. The Morgan fingerprint density at radius 3 is 3.18 bits per heavy atom. The molecule has 0 radical (unpaired) electrons. The highest BCUT2D eigenvalue weighted by Crippen LogP contribution is 1.88. The number of nitrogens with zero attached hydrogens (tertiary/aromatic N) is 1. The Labute approximate surface area is 62.4 Å². The van der Waals surface area contributed by atoms with E-state index in [1.807, 2.05) is 0 Å². The van der Waals surface area contributed by atoms with Gasteiger partial charge in [0.25, 0.3) is 5.56 Å². The Morgan fingerprint density at radius 2 is 2.55 bits per heavy atom. The minimum Gasteiger partial charge on any atom is -0.514 e. The van der Waals surface area contributed by atoms with Gasteiger partial charge in [-0.2, -0.15) is 0 Å². The average Bonchev–Trinajstić information content (AvgIpc) is 2.01. The van der Waals surface area contributed by atoms with Crippen molar-refractivity contribution in [3.05, 3.63) is 35.1 Å². The van der Waals surface area contributed by atoms with Gasteiger partial charge >= 0.3 is 0 Å². The molecule has 0 aliphatic rings. The van der Waals surface area contributed by atoms with Crippen LogP contribution in [0.2, 0.25) is 0 Å². The smallest absolute Gasteiger partial charge is 0.252 e. The summed E-state index contributed by atoms with van der Waals surface area (Å²) in [7, 11) is 0. The molecule has 11 heavy (non-hydrogen) atoms.